The third-order valence-corrected chi connectivity index (χ3v) is 6.84. The molecule has 0 unspecified atom stereocenters. The first-order chi connectivity index (χ1) is 15.5. The van der Waals surface area contributed by atoms with Crippen molar-refractivity contribution >= 4 is 34.5 Å². The maximum absolute atomic E-state index is 13.3. The molecule has 162 valence electrons. The van der Waals surface area contributed by atoms with Crippen molar-refractivity contribution in [2.45, 2.75) is 5.54 Å². The third-order valence-electron chi connectivity index (χ3n) is 5.80. The monoisotopic (exact) mass is 448 g/mol. The molecule has 1 fully saturated rings. The number of nitrogens with zero attached hydrogens (tertiary/aromatic N) is 4. The van der Waals surface area contributed by atoms with E-state index in [9.17, 15) is 9.18 Å². The second-order valence-electron chi connectivity index (χ2n) is 7.88. The highest BCUT2D eigenvalue weighted by molar-refractivity contribution is 8.13. The Morgan fingerprint density at radius 2 is 1.94 bits per heavy atom. The van der Waals surface area contributed by atoms with Gasteiger partial charge in [0.2, 0.25) is 5.95 Å². The quantitative estimate of drug-likeness (QED) is 0.598. The topological polar surface area (TPSA) is 96.5 Å². The van der Waals surface area contributed by atoms with Gasteiger partial charge in [-0.3, -0.25) is 4.79 Å². The number of anilines is 2. The molecule has 1 amide bonds. The van der Waals surface area contributed by atoms with Crippen molar-refractivity contribution in [2.75, 3.05) is 29.5 Å². The number of fused-ring (bicyclic) bond motifs is 1. The molecule has 3 aromatic rings. The number of carbonyl (C=O) groups excluding carboxylic acids is 1. The van der Waals surface area contributed by atoms with E-state index in [1.165, 1.54) is 24.2 Å². The zero-order valence-electron chi connectivity index (χ0n) is 17.1. The summed E-state index contributed by atoms with van der Waals surface area (Å²) in [5.41, 5.74) is 7.66. The summed E-state index contributed by atoms with van der Waals surface area (Å²) in [7, 11) is 0. The summed E-state index contributed by atoms with van der Waals surface area (Å²) >= 11 is 1.52. The number of carbonyl (C=O) groups is 1. The van der Waals surface area contributed by atoms with Gasteiger partial charge in [-0.25, -0.2) is 19.4 Å². The molecular formula is C23H21FN6OS. The lowest BCUT2D eigenvalue weighted by atomic mass is 9.81. The fourth-order valence-corrected chi connectivity index (χ4v) is 5.39. The summed E-state index contributed by atoms with van der Waals surface area (Å²) in [6.07, 6.45) is 2.34. The number of amidine groups is 1. The van der Waals surface area contributed by atoms with E-state index in [0.717, 1.165) is 11.3 Å². The summed E-state index contributed by atoms with van der Waals surface area (Å²) in [5.74, 6) is 0.671. The molecular weight excluding hydrogens is 427 g/mol. The molecule has 3 N–H and O–H groups in total. The van der Waals surface area contributed by atoms with Gasteiger partial charge in [0.15, 0.2) is 11.0 Å². The van der Waals surface area contributed by atoms with E-state index in [-0.39, 0.29) is 11.8 Å². The van der Waals surface area contributed by atoms with Gasteiger partial charge < -0.3 is 16.0 Å². The van der Waals surface area contributed by atoms with Crippen molar-refractivity contribution in [1.82, 2.24) is 15.3 Å². The van der Waals surface area contributed by atoms with Gasteiger partial charge >= 0.3 is 0 Å². The van der Waals surface area contributed by atoms with E-state index in [2.05, 4.69) is 15.3 Å². The molecule has 7 nitrogen and oxygen atoms in total. The van der Waals surface area contributed by atoms with Gasteiger partial charge in [-0.05, 0) is 29.8 Å². The molecule has 9 heteroatoms. The number of thioether (sulfide) groups is 1. The van der Waals surface area contributed by atoms with Crippen LogP contribution in [-0.4, -0.2) is 39.9 Å². The first-order valence-electron chi connectivity index (χ1n) is 10.2. The first kappa shape index (κ1) is 20.4. The lowest BCUT2D eigenvalue weighted by molar-refractivity contribution is 0.0977. The highest BCUT2D eigenvalue weighted by atomic mass is 32.2. The van der Waals surface area contributed by atoms with Crippen molar-refractivity contribution < 1.29 is 9.18 Å². The zero-order valence-corrected chi connectivity index (χ0v) is 17.9. The predicted octanol–water partition coefficient (Wildman–Crippen LogP) is 3.06. The summed E-state index contributed by atoms with van der Waals surface area (Å²) in [4.78, 5) is 28.1. The number of halogens is 1. The summed E-state index contributed by atoms with van der Waals surface area (Å²) in [6, 6.07) is 16.7. The second-order valence-corrected chi connectivity index (χ2v) is 8.89. The fraction of sp³-hybridized carbons (Fsp3) is 0.217. The van der Waals surface area contributed by atoms with E-state index >= 15 is 0 Å². The number of amides is 1. The van der Waals surface area contributed by atoms with Crippen molar-refractivity contribution in [2.24, 2.45) is 10.9 Å². The Hall–Kier alpha value is -3.46. The van der Waals surface area contributed by atoms with Crippen LogP contribution in [0.2, 0.25) is 0 Å². The van der Waals surface area contributed by atoms with Crippen LogP contribution in [0.1, 0.15) is 15.9 Å². The average Bonchev–Trinajstić information content (AvgIpc) is 3.20. The number of aromatic nitrogens is 2. The number of aliphatic imine (C=N–C) groups is 1. The van der Waals surface area contributed by atoms with Gasteiger partial charge in [0.1, 0.15) is 5.54 Å². The highest BCUT2D eigenvalue weighted by Gasteiger charge is 2.51. The SMILES string of the molecule is Nc1cccc([C@]23CN(c4ncc(F)cn4)C[C@H]2CSC(NC(=O)c2ccccc2)=N3)c1. The van der Waals surface area contributed by atoms with Crippen LogP contribution in [0, 0.1) is 11.7 Å². The van der Waals surface area contributed by atoms with Gasteiger partial charge in [0, 0.05) is 29.5 Å². The highest BCUT2D eigenvalue weighted by Crippen LogP contribution is 2.46. The number of nitrogens with one attached hydrogen (secondary N) is 1. The lowest BCUT2D eigenvalue weighted by Gasteiger charge is -2.35. The molecule has 0 radical (unpaired) electrons. The largest absolute Gasteiger partial charge is 0.399 e. The Kier molecular flexibility index (Phi) is 5.26. The van der Waals surface area contributed by atoms with Gasteiger partial charge in [-0.2, -0.15) is 0 Å². The normalized spacial score (nSPS) is 22.2. The Balaban J connectivity index is 1.51. The maximum Gasteiger partial charge on any atom is 0.257 e. The second kappa shape index (κ2) is 8.23. The summed E-state index contributed by atoms with van der Waals surface area (Å²) in [6.45, 7) is 1.16. The van der Waals surface area contributed by atoms with Crippen LogP contribution in [0.15, 0.2) is 72.0 Å². The summed E-state index contributed by atoms with van der Waals surface area (Å²) in [5, 5.41) is 3.53. The zero-order chi connectivity index (χ0) is 22.1. The number of benzene rings is 2. The fourth-order valence-electron chi connectivity index (χ4n) is 4.26. The molecule has 32 heavy (non-hydrogen) atoms. The predicted molar refractivity (Wildman–Crippen MR) is 124 cm³/mol. The molecule has 0 saturated carbocycles. The molecule has 2 aliphatic rings. The molecule has 2 atom stereocenters. The van der Waals surface area contributed by atoms with Gasteiger partial charge in [0.05, 0.1) is 18.9 Å². The first-order valence-corrected chi connectivity index (χ1v) is 11.2. The maximum atomic E-state index is 13.3. The molecule has 2 aromatic carbocycles. The van der Waals surface area contributed by atoms with Crippen molar-refractivity contribution in [3.05, 3.63) is 83.9 Å². The van der Waals surface area contributed by atoms with E-state index in [1.807, 2.05) is 47.4 Å². The van der Waals surface area contributed by atoms with E-state index < -0.39 is 11.4 Å². The number of hydrogen-bond donors (Lipinski definition) is 2. The van der Waals surface area contributed by atoms with Crippen LogP contribution in [-0.2, 0) is 5.54 Å². The van der Waals surface area contributed by atoms with Gasteiger partial charge in [-0.15, -0.1) is 0 Å². The number of nitrogen functional groups attached to an aromatic ring is 1. The minimum Gasteiger partial charge on any atom is -0.399 e. The standard InChI is InChI=1S/C23H21FN6OS/c24-18-10-26-21(27-11-18)30-12-17-13-32-22(28-20(31)15-5-2-1-3-6-15)29-23(17,14-30)16-7-4-8-19(25)9-16/h1-11,17H,12-14,25H2,(H,28,29,31)/t17-,23+/m0/s1. The number of rotatable bonds is 3. The van der Waals surface area contributed by atoms with Gasteiger partial charge in [0.25, 0.3) is 5.91 Å². The molecule has 5 rings (SSSR count). The number of nitrogens with two attached hydrogens (primary N) is 1. The van der Waals surface area contributed by atoms with Crippen LogP contribution in [0.25, 0.3) is 0 Å². The molecule has 0 aliphatic carbocycles. The third kappa shape index (κ3) is 3.80. The summed E-state index contributed by atoms with van der Waals surface area (Å²) < 4.78 is 13.3. The molecule has 1 aromatic heterocycles. The van der Waals surface area contributed by atoms with Crippen molar-refractivity contribution in [3.8, 4) is 0 Å². The van der Waals surface area contributed by atoms with E-state index in [0.29, 0.717) is 35.5 Å². The molecule has 0 spiro atoms. The number of hydrogen-bond acceptors (Lipinski definition) is 7. The average molecular weight is 449 g/mol. The van der Waals surface area contributed by atoms with Crippen LogP contribution < -0.4 is 16.0 Å². The Bertz CT molecular complexity index is 1170. The van der Waals surface area contributed by atoms with E-state index in [4.69, 9.17) is 10.7 Å². The van der Waals surface area contributed by atoms with Crippen LogP contribution in [0.5, 0.6) is 0 Å². The lowest BCUT2D eigenvalue weighted by Crippen LogP contribution is -2.42. The molecule has 2 aliphatic heterocycles. The van der Waals surface area contributed by atoms with Crippen molar-refractivity contribution in [3.63, 3.8) is 0 Å². The minimum atomic E-state index is -0.627. The molecule has 0 bridgehead atoms. The van der Waals surface area contributed by atoms with Crippen LogP contribution >= 0.6 is 11.8 Å². The van der Waals surface area contributed by atoms with Crippen molar-refractivity contribution in [1.29, 1.82) is 0 Å². The molecule has 3 heterocycles. The van der Waals surface area contributed by atoms with Gasteiger partial charge in [-0.1, -0.05) is 42.1 Å². The van der Waals surface area contributed by atoms with E-state index in [1.54, 1.807) is 12.1 Å². The smallest absolute Gasteiger partial charge is 0.257 e. The Morgan fingerprint density at radius 3 is 2.69 bits per heavy atom. The minimum absolute atomic E-state index is 0.139. The Labute approximate surface area is 189 Å². The van der Waals surface area contributed by atoms with Crippen LogP contribution in [0.3, 0.4) is 0 Å². The molecule has 1 saturated heterocycles. The van der Waals surface area contributed by atoms with Crippen LogP contribution in [0.4, 0.5) is 16.0 Å². The Morgan fingerprint density at radius 1 is 1.16 bits per heavy atom.